The Balaban J connectivity index is 2.11. The number of nitrogens with zero attached hydrogens (tertiary/aromatic N) is 4. The summed E-state index contributed by atoms with van der Waals surface area (Å²) in [5, 5.41) is 13.8. The lowest BCUT2D eigenvalue weighted by atomic mass is 10.1. The zero-order chi connectivity index (χ0) is 12.5. The zero-order valence-corrected chi connectivity index (χ0v) is 10.8. The van der Waals surface area contributed by atoms with Gasteiger partial charge in [-0.2, -0.15) is 9.61 Å². The molecule has 0 saturated carbocycles. The maximum atomic E-state index is 5.54. The fourth-order valence-corrected chi connectivity index (χ4v) is 2.69. The topological polar surface area (TPSA) is 69.1 Å². The summed E-state index contributed by atoms with van der Waals surface area (Å²) in [4.78, 5) is 0.815. The van der Waals surface area contributed by atoms with E-state index in [1.54, 1.807) is 4.52 Å². The van der Waals surface area contributed by atoms with Gasteiger partial charge in [-0.05, 0) is 19.5 Å². The van der Waals surface area contributed by atoms with Crippen molar-refractivity contribution in [2.75, 3.05) is 6.54 Å². The fraction of sp³-hybridized carbons (Fsp3) is 0.250. The summed E-state index contributed by atoms with van der Waals surface area (Å²) < 4.78 is 1.80. The molecule has 2 aromatic heterocycles. The van der Waals surface area contributed by atoms with E-state index in [4.69, 9.17) is 5.73 Å². The highest BCUT2D eigenvalue weighted by Gasteiger charge is 2.12. The van der Waals surface area contributed by atoms with E-state index in [2.05, 4.69) is 34.4 Å². The van der Waals surface area contributed by atoms with Crippen LogP contribution in [-0.4, -0.2) is 26.4 Å². The number of rotatable bonds is 3. The second-order valence-corrected chi connectivity index (χ2v) is 5.16. The number of hydrogen-bond donors (Lipinski definition) is 1. The molecular weight excluding hydrogens is 246 g/mol. The predicted molar refractivity (Wildman–Crippen MR) is 71.6 cm³/mol. The number of aromatic nitrogens is 4. The van der Waals surface area contributed by atoms with E-state index >= 15 is 0 Å². The van der Waals surface area contributed by atoms with E-state index in [1.807, 2.05) is 12.1 Å². The average molecular weight is 259 g/mol. The van der Waals surface area contributed by atoms with Gasteiger partial charge in [0.2, 0.25) is 4.96 Å². The molecule has 2 heterocycles. The van der Waals surface area contributed by atoms with Gasteiger partial charge in [-0.25, -0.2) is 0 Å². The van der Waals surface area contributed by atoms with Crippen molar-refractivity contribution < 1.29 is 0 Å². The van der Waals surface area contributed by atoms with Crippen LogP contribution in [0.1, 0.15) is 10.6 Å². The average Bonchev–Trinajstić information content (AvgIpc) is 2.88. The molecule has 92 valence electrons. The Morgan fingerprint density at radius 3 is 3.00 bits per heavy atom. The van der Waals surface area contributed by atoms with Crippen molar-refractivity contribution in [2.24, 2.45) is 5.73 Å². The second kappa shape index (κ2) is 4.47. The van der Waals surface area contributed by atoms with Crippen molar-refractivity contribution in [3.63, 3.8) is 0 Å². The van der Waals surface area contributed by atoms with E-state index in [0.717, 1.165) is 27.8 Å². The highest BCUT2D eigenvalue weighted by molar-refractivity contribution is 7.16. The first-order chi connectivity index (χ1) is 8.78. The third-order valence-corrected chi connectivity index (χ3v) is 3.63. The third kappa shape index (κ3) is 1.89. The predicted octanol–water partition coefficient (Wildman–Crippen LogP) is 1.66. The number of hydrogen-bond acceptors (Lipinski definition) is 5. The minimum absolute atomic E-state index is 0.601. The molecule has 0 radical (unpaired) electrons. The normalized spacial score (nSPS) is 11.2. The summed E-state index contributed by atoms with van der Waals surface area (Å²) in [7, 11) is 0. The summed E-state index contributed by atoms with van der Waals surface area (Å²) >= 11 is 1.54. The molecule has 5 nitrogen and oxygen atoms in total. The summed E-state index contributed by atoms with van der Waals surface area (Å²) in [5.41, 5.74) is 7.77. The number of aryl methyl sites for hydroxylation is 1. The molecular formula is C12H13N5S. The van der Waals surface area contributed by atoms with Crippen molar-refractivity contribution in [2.45, 2.75) is 13.3 Å². The minimum atomic E-state index is 0.601. The summed E-state index contributed by atoms with van der Waals surface area (Å²) in [5.74, 6) is 0.785. The molecule has 0 aliphatic rings. The second-order valence-electron chi connectivity index (χ2n) is 4.12. The summed E-state index contributed by atoms with van der Waals surface area (Å²) in [6.07, 6.45) is 0.779. The number of fused-ring (bicyclic) bond motifs is 1. The smallest absolute Gasteiger partial charge is 0.234 e. The Hall–Kier alpha value is -1.79. The van der Waals surface area contributed by atoms with E-state index in [1.165, 1.54) is 16.9 Å². The first kappa shape index (κ1) is 11.3. The van der Waals surface area contributed by atoms with Crippen LogP contribution < -0.4 is 5.73 Å². The molecule has 0 saturated heterocycles. The van der Waals surface area contributed by atoms with Crippen LogP contribution in [0.15, 0.2) is 24.3 Å². The minimum Gasteiger partial charge on any atom is -0.330 e. The largest absolute Gasteiger partial charge is 0.330 e. The molecule has 1 aromatic carbocycles. The lowest BCUT2D eigenvalue weighted by Crippen LogP contribution is -2.03. The fourth-order valence-electron chi connectivity index (χ4n) is 1.85. The van der Waals surface area contributed by atoms with Crippen LogP contribution >= 0.6 is 11.3 Å². The van der Waals surface area contributed by atoms with E-state index in [-0.39, 0.29) is 0 Å². The Bertz CT molecular complexity index is 685. The lowest BCUT2D eigenvalue weighted by molar-refractivity contribution is 0.871. The van der Waals surface area contributed by atoms with Gasteiger partial charge in [0, 0.05) is 12.0 Å². The molecule has 0 aliphatic heterocycles. The first-order valence-electron chi connectivity index (χ1n) is 5.76. The maximum absolute atomic E-state index is 5.54. The molecule has 0 bridgehead atoms. The molecule has 0 atom stereocenters. The molecule has 3 rings (SSSR count). The van der Waals surface area contributed by atoms with Crippen LogP contribution in [0.2, 0.25) is 0 Å². The highest BCUT2D eigenvalue weighted by Crippen LogP contribution is 2.22. The molecule has 0 aliphatic carbocycles. The SMILES string of the molecule is Cc1cccc(-c2nnc3sc(CCN)nn23)c1. The van der Waals surface area contributed by atoms with Crippen molar-refractivity contribution in [1.82, 2.24) is 19.8 Å². The van der Waals surface area contributed by atoms with Crippen LogP contribution in [0.4, 0.5) is 0 Å². The summed E-state index contributed by atoms with van der Waals surface area (Å²) in [6, 6.07) is 8.17. The van der Waals surface area contributed by atoms with Gasteiger partial charge in [-0.15, -0.1) is 10.2 Å². The molecule has 3 aromatic rings. The maximum Gasteiger partial charge on any atom is 0.234 e. The molecule has 0 fully saturated rings. The molecule has 0 amide bonds. The quantitative estimate of drug-likeness (QED) is 0.776. The molecule has 6 heteroatoms. The molecule has 0 unspecified atom stereocenters. The van der Waals surface area contributed by atoms with Crippen molar-refractivity contribution in [3.8, 4) is 11.4 Å². The van der Waals surface area contributed by atoms with E-state index < -0.39 is 0 Å². The lowest BCUT2D eigenvalue weighted by Gasteiger charge is -1.98. The van der Waals surface area contributed by atoms with Gasteiger partial charge in [0.05, 0.1) is 0 Å². The van der Waals surface area contributed by atoms with Gasteiger partial charge in [0.15, 0.2) is 5.82 Å². The molecule has 18 heavy (non-hydrogen) atoms. The monoisotopic (exact) mass is 259 g/mol. The van der Waals surface area contributed by atoms with Crippen molar-refractivity contribution in [1.29, 1.82) is 0 Å². The van der Waals surface area contributed by atoms with Gasteiger partial charge in [0.1, 0.15) is 5.01 Å². The van der Waals surface area contributed by atoms with Gasteiger partial charge in [-0.1, -0.05) is 35.1 Å². The number of nitrogens with two attached hydrogens (primary N) is 1. The first-order valence-corrected chi connectivity index (χ1v) is 6.58. The Kier molecular flexibility index (Phi) is 2.81. The van der Waals surface area contributed by atoms with Gasteiger partial charge in [-0.3, -0.25) is 0 Å². The zero-order valence-electron chi connectivity index (χ0n) is 10.00. The molecule has 2 N–H and O–H groups in total. The van der Waals surface area contributed by atoms with Crippen LogP contribution in [-0.2, 0) is 6.42 Å². The van der Waals surface area contributed by atoms with Crippen LogP contribution in [0.25, 0.3) is 16.3 Å². The van der Waals surface area contributed by atoms with Crippen LogP contribution in [0, 0.1) is 6.92 Å². The van der Waals surface area contributed by atoms with Gasteiger partial charge in [0.25, 0.3) is 0 Å². The highest BCUT2D eigenvalue weighted by atomic mass is 32.1. The van der Waals surface area contributed by atoms with Crippen molar-refractivity contribution >= 4 is 16.3 Å². The van der Waals surface area contributed by atoms with Crippen LogP contribution in [0.5, 0.6) is 0 Å². The third-order valence-electron chi connectivity index (χ3n) is 2.67. The standard InChI is InChI=1S/C12H13N5S/c1-8-3-2-4-9(7-8)11-14-15-12-17(11)16-10(18-12)5-6-13/h2-4,7H,5-6,13H2,1H3. The Morgan fingerprint density at radius 2 is 2.22 bits per heavy atom. The Morgan fingerprint density at radius 1 is 1.33 bits per heavy atom. The van der Waals surface area contributed by atoms with Crippen molar-refractivity contribution in [3.05, 3.63) is 34.8 Å². The van der Waals surface area contributed by atoms with Gasteiger partial charge < -0.3 is 5.73 Å². The Labute approximate surface area is 108 Å². The molecule has 0 spiro atoms. The van der Waals surface area contributed by atoms with E-state index in [9.17, 15) is 0 Å². The van der Waals surface area contributed by atoms with E-state index in [0.29, 0.717) is 6.54 Å². The number of benzene rings is 1. The summed E-state index contributed by atoms with van der Waals surface area (Å²) in [6.45, 7) is 2.66. The van der Waals surface area contributed by atoms with Gasteiger partial charge >= 0.3 is 0 Å². The van der Waals surface area contributed by atoms with Crippen LogP contribution in [0.3, 0.4) is 0 Å².